The first-order chi connectivity index (χ1) is 17.0. The molecular weight excluding hydrogens is 465 g/mol. The molecular formula is C27H30FN3O5. The van der Waals surface area contributed by atoms with E-state index in [-0.39, 0.29) is 5.69 Å². The Morgan fingerprint density at radius 2 is 1.69 bits per heavy atom. The molecule has 0 spiro atoms. The van der Waals surface area contributed by atoms with Gasteiger partial charge >= 0.3 is 5.97 Å². The molecule has 2 aromatic carbocycles. The van der Waals surface area contributed by atoms with Crippen LogP contribution in [-0.2, 0) is 27.9 Å². The molecule has 0 saturated carbocycles. The number of Topliss-reactive ketones (excluding diaryl/α,β-unsaturated/α-hetero) is 2. The van der Waals surface area contributed by atoms with Crippen LogP contribution in [0.4, 0.5) is 4.39 Å². The zero-order chi connectivity index (χ0) is 26.6. The van der Waals surface area contributed by atoms with E-state index in [1.54, 1.807) is 31.5 Å². The lowest BCUT2D eigenvalue weighted by atomic mass is 9.85. The van der Waals surface area contributed by atoms with Crippen molar-refractivity contribution < 1.29 is 28.7 Å². The number of carbonyl (C=O) groups is 4. The first kappa shape index (κ1) is 26.7. The van der Waals surface area contributed by atoms with E-state index in [0.717, 1.165) is 28.5 Å². The number of nitrogens with zero attached hydrogens (tertiary/aromatic N) is 1. The van der Waals surface area contributed by atoms with Gasteiger partial charge in [0, 0.05) is 18.0 Å². The lowest BCUT2D eigenvalue weighted by Crippen LogP contribution is -2.55. The number of fused-ring (bicyclic) bond motifs is 1. The maximum atomic E-state index is 13.2. The fraction of sp³-hybridized carbons (Fsp3) is 0.333. The molecule has 9 heteroatoms. The van der Waals surface area contributed by atoms with Crippen LogP contribution in [0.3, 0.4) is 0 Å². The number of carboxylic acid groups (broad SMARTS) is 1. The minimum Gasteiger partial charge on any atom is -0.481 e. The zero-order valence-electron chi connectivity index (χ0n) is 20.4. The highest BCUT2D eigenvalue weighted by Crippen LogP contribution is 2.23. The van der Waals surface area contributed by atoms with E-state index < -0.39 is 54.0 Å². The van der Waals surface area contributed by atoms with Crippen LogP contribution in [-0.4, -0.2) is 51.9 Å². The molecule has 1 amide bonds. The Bertz CT molecular complexity index is 1290. The third kappa shape index (κ3) is 5.68. The monoisotopic (exact) mass is 495 g/mol. The van der Waals surface area contributed by atoms with Gasteiger partial charge in [0.15, 0.2) is 11.6 Å². The summed E-state index contributed by atoms with van der Waals surface area (Å²) in [6.07, 6.45) is 0.728. The van der Waals surface area contributed by atoms with Crippen molar-refractivity contribution in [2.24, 2.45) is 24.6 Å². The highest BCUT2D eigenvalue weighted by Gasteiger charge is 2.41. The number of hydrogen-bond acceptors (Lipinski definition) is 5. The average Bonchev–Trinajstić information content (AvgIpc) is 3.17. The number of carbonyl (C=O) groups excluding carboxylic acids is 3. The fourth-order valence-electron chi connectivity index (χ4n) is 4.26. The summed E-state index contributed by atoms with van der Waals surface area (Å²) >= 11 is 0. The van der Waals surface area contributed by atoms with Crippen molar-refractivity contribution >= 4 is 34.3 Å². The van der Waals surface area contributed by atoms with Gasteiger partial charge in [-0.1, -0.05) is 50.2 Å². The number of amides is 1. The third-order valence-corrected chi connectivity index (χ3v) is 6.29. The Kier molecular flexibility index (Phi) is 8.37. The molecule has 36 heavy (non-hydrogen) atoms. The molecule has 1 aromatic heterocycles. The first-order valence-electron chi connectivity index (χ1n) is 11.6. The Hall–Kier alpha value is -3.85. The summed E-state index contributed by atoms with van der Waals surface area (Å²) in [7, 11) is 1.72. The Morgan fingerprint density at radius 1 is 1.03 bits per heavy atom. The number of alkyl halides is 1. The number of aliphatic carboxylic acids is 1. The lowest BCUT2D eigenvalue weighted by Gasteiger charge is -2.26. The minimum absolute atomic E-state index is 0.274. The predicted molar refractivity (Wildman–Crippen MR) is 133 cm³/mol. The highest BCUT2D eigenvalue weighted by molar-refractivity contribution is 6.08. The number of halogens is 1. The Balaban J connectivity index is 1.87. The second-order valence-electron chi connectivity index (χ2n) is 9.18. The number of hydrogen-bond donors (Lipinski definition) is 3. The maximum absolute atomic E-state index is 13.2. The molecule has 0 saturated heterocycles. The molecule has 1 heterocycles. The first-order valence-corrected chi connectivity index (χ1v) is 11.6. The van der Waals surface area contributed by atoms with E-state index in [4.69, 9.17) is 5.73 Å². The fourth-order valence-corrected chi connectivity index (χ4v) is 4.26. The van der Waals surface area contributed by atoms with Crippen LogP contribution < -0.4 is 11.1 Å². The molecule has 3 rings (SSSR count). The number of aryl methyl sites for hydroxylation is 1. The van der Waals surface area contributed by atoms with Crippen LogP contribution in [0.1, 0.15) is 35.5 Å². The van der Waals surface area contributed by atoms with E-state index in [0.29, 0.717) is 0 Å². The molecule has 190 valence electrons. The number of nitrogens with one attached hydrogen (secondary N) is 1. The van der Waals surface area contributed by atoms with Gasteiger partial charge in [-0.2, -0.15) is 0 Å². The quantitative estimate of drug-likeness (QED) is 0.351. The van der Waals surface area contributed by atoms with Crippen LogP contribution in [0.2, 0.25) is 0 Å². The summed E-state index contributed by atoms with van der Waals surface area (Å²) in [5.74, 6) is -6.87. The maximum Gasteiger partial charge on any atom is 0.316 e. The number of ketones is 2. The van der Waals surface area contributed by atoms with Crippen molar-refractivity contribution in [2.45, 2.75) is 32.4 Å². The smallest absolute Gasteiger partial charge is 0.316 e. The summed E-state index contributed by atoms with van der Waals surface area (Å²) in [5, 5.41) is 13.0. The molecule has 3 atom stereocenters. The topological polar surface area (TPSA) is 131 Å². The van der Waals surface area contributed by atoms with Crippen molar-refractivity contribution in [3.8, 4) is 0 Å². The molecule has 8 nitrogen and oxygen atoms in total. The van der Waals surface area contributed by atoms with Gasteiger partial charge in [0.2, 0.25) is 0 Å². The molecule has 2 unspecified atom stereocenters. The Labute approximate surface area is 208 Å². The van der Waals surface area contributed by atoms with E-state index in [9.17, 15) is 28.7 Å². The SMILES string of the molecule is CC(C)[C@H](NC(=O)c1cc2cc(Cc3ccccc3)ccc2n1C)C(=O)C(C(=O)O)C(N)C(=O)CF. The predicted octanol–water partition coefficient (Wildman–Crippen LogP) is 2.66. The minimum atomic E-state index is -1.98. The summed E-state index contributed by atoms with van der Waals surface area (Å²) in [5.41, 5.74) is 8.89. The van der Waals surface area contributed by atoms with Crippen molar-refractivity contribution in [3.63, 3.8) is 0 Å². The van der Waals surface area contributed by atoms with Gasteiger partial charge in [-0.3, -0.25) is 19.2 Å². The standard InChI is InChI=1S/C27H30FN3O5/c1-15(2)24(25(33)22(27(35)36)23(29)21(32)14-28)30-26(34)20-13-18-12-17(9-10-19(18)31(20)3)11-16-7-5-4-6-8-16/h4-10,12-13,15,22-24H,11,14,29H2,1-3H3,(H,30,34)(H,35,36)/t22?,23?,24-/m0/s1. The van der Waals surface area contributed by atoms with Crippen molar-refractivity contribution in [3.05, 3.63) is 71.4 Å². The van der Waals surface area contributed by atoms with Crippen LogP contribution in [0.25, 0.3) is 10.9 Å². The summed E-state index contributed by atoms with van der Waals surface area (Å²) in [6.45, 7) is 1.77. The molecule has 0 radical (unpaired) electrons. The van der Waals surface area contributed by atoms with E-state index in [1.165, 1.54) is 0 Å². The van der Waals surface area contributed by atoms with Gasteiger partial charge < -0.3 is 20.7 Å². The van der Waals surface area contributed by atoms with E-state index >= 15 is 0 Å². The zero-order valence-corrected chi connectivity index (χ0v) is 20.4. The van der Waals surface area contributed by atoms with Crippen LogP contribution in [0.5, 0.6) is 0 Å². The third-order valence-electron chi connectivity index (χ3n) is 6.29. The number of rotatable bonds is 11. The largest absolute Gasteiger partial charge is 0.481 e. The number of benzene rings is 2. The van der Waals surface area contributed by atoms with Crippen LogP contribution in [0, 0.1) is 11.8 Å². The molecule has 0 aliphatic rings. The second kappa shape index (κ2) is 11.3. The summed E-state index contributed by atoms with van der Waals surface area (Å²) < 4.78 is 14.5. The normalized spacial score (nSPS) is 13.8. The summed E-state index contributed by atoms with van der Waals surface area (Å²) in [6, 6.07) is 14.5. The van der Waals surface area contributed by atoms with Gasteiger partial charge in [-0.05, 0) is 41.7 Å². The molecule has 0 fully saturated rings. The van der Waals surface area contributed by atoms with Gasteiger partial charge in [-0.15, -0.1) is 0 Å². The number of nitrogens with two attached hydrogens (primary N) is 1. The molecule has 3 aromatic rings. The molecule has 4 N–H and O–H groups in total. The van der Waals surface area contributed by atoms with Crippen molar-refractivity contribution in [2.75, 3.05) is 6.67 Å². The average molecular weight is 496 g/mol. The van der Waals surface area contributed by atoms with Crippen LogP contribution in [0.15, 0.2) is 54.6 Å². The van der Waals surface area contributed by atoms with Gasteiger partial charge in [0.05, 0.1) is 12.1 Å². The van der Waals surface area contributed by atoms with Gasteiger partial charge in [0.1, 0.15) is 18.3 Å². The number of aromatic nitrogens is 1. The van der Waals surface area contributed by atoms with E-state index in [1.807, 2.05) is 48.5 Å². The van der Waals surface area contributed by atoms with Gasteiger partial charge in [0.25, 0.3) is 5.91 Å². The molecule has 0 aliphatic heterocycles. The molecule has 0 bridgehead atoms. The van der Waals surface area contributed by atoms with E-state index in [2.05, 4.69) is 5.32 Å². The Morgan fingerprint density at radius 3 is 2.28 bits per heavy atom. The lowest BCUT2D eigenvalue weighted by molar-refractivity contribution is -0.150. The van der Waals surface area contributed by atoms with Crippen LogP contribution >= 0.6 is 0 Å². The van der Waals surface area contributed by atoms with Crippen molar-refractivity contribution in [1.82, 2.24) is 9.88 Å². The van der Waals surface area contributed by atoms with Gasteiger partial charge in [-0.25, -0.2) is 4.39 Å². The molecule has 0 aliphatic carbocycles. The van der Waals surface area contributed by atoms with Crippen molar-refractivity contribution in [1.29, 1.82) is 0 Å². The number of carboxylic acids is 1. The second-order valence-corrected chi connectivity index (χ2v) is 9.18. The highest BCUT2D eigenvalue weighted by atomic mass is 19.1. The summed E-state index contributed by atoms with van der Waals surface area (Å²) in [4.78, 5) is 49.7.